The Balaban J connectivity index is 1.79. The first kappa shape index (κ1) is 9.10. The summed E-state index contributed by atoms with van der Waals surface area (Å²) >= 11 is 2.07. The SMILES string of the molecule is c1ccc(CS[C@H]2CCNC2)cc1. The summed E-state index contributed by atoms with van der Waals surface area (Å²) in [5.74, 6) is 1.16. The lowest BCUT2D eigenvalue weighted by molar-refractivity contribution is 0.858. The Bertz CT molecular complexity index is 242. The van der Waals surface area contributed by atoms with Crippen LogP contribution in [-0.4, -0.2) is 18.3 Å². The molecule has 1 saturated heterocycles. The van der Waals surface area contributed by atoms with Gasteiger partial charge in [0.1, 0.15) is 0 Å². The van der Waals surface area contributed by atoms with E-state index in [-0.39, 0.29) is 0 Å². The molecule has 1 aliphatic rings. The lowest BCUT2D eigenvalue weighted by Crippen LogP contribution is -2.10. The van der Waals surface area contributed by atoms with Crippen LogP contribution in [0.2, 0.25) is 0 Å². The minimum absolute atomic E-state index is 0.834. The van der Waals surface area contributed by atoms with Gasteiger partial charge in [-0.15, -0.1) is 0 Å². The molecule has 0 spiro atoms. The molecule has 1 fully saturated rings. The van der Waals surface area contributed by atoms with Gasteiger partial charge < -0.3 is 5.32 Å². The number of hydrogen-bond acceptors (Lipinski definition) is 2. The summed E-state index contributed by atoms with van der Waals surface area (Å²) in [5.41, 5.74) is 1.44. The van der Waals surface area contributed by atoms with Crippen LogP contribution >= 0.6 is 11.8 Å². The summed E-state index contributed by atoms with van der Waals surface area (Å²) in [5, 5.41) is 4.22. The summed E-state index contributed by atoms with van der Waals surface area (Å²) in [6.07, 6.45) is 1.33. The fourth-order valence-electron chi connectivity index (χ4n) is 1.56. The molecule has 0 radical (unpaired) electrons. The Morgan fingerprint density at radius 1 is 1.31 bits per heavy atom. The first-order valence-corrected chi connectivity index (χ1v) is 5.86. The van der Waals surface area contributed by atoms with E-state index in [2.05, 4.69) is 47.4 Å². The predicted molar refractivity (Wildman–Crippen MR) is 59.0 cm³/mol. The second kappa shape index (κ2) is 4.68. The summed E-state index contributed by atoms with van der Waals surface area (Å²) in [7, 11) is 0. The van der Waals surface area contributed by atoms with Crippen molar-refractivity contribution < 1.29 is 0 Å². The van der Waals surface area contributed by atoms with Crippen molar-refractivity contribution in [1.82, 2.24) is 5.32 Å². The van der Waals surface area contributed by atoms with Crippen LogP contribution in [0.3, 0.4) is 0 Å². The molecule has 1 atom stereocenters. The molecule has 70 valence electrons. The molecule has 0 aliphatic carbocycles. The van der Waals surface area contributed by atoms with Crippen LogP contribution < -0.4 is 5.32 Å². The molecule has 13 heavy (non-hydrogen) atoms. The van der Waals surface area contributed by atoms with Gasteiger partial charge in [0.2, 0.25) is 0 Å². The minimum atomic E-state index is 0.834. The first-order valence-electron chi connectivity index (χ1n) is 4.81. The van der Waals surface area contributed by atoms with E-state index < -0.39 is 0 Å². The Hall–Kier alpha value is -0.470. The second-order valence-electron chi connectivity index (χ2n) is 3.41. The van der Waals surface area contributed by atoms with Gasteiger partial charge in [0.25, 0.3) is 0 Å². The van der Waals surface area contributed by atoms with E-state index in [1.807, 2.05) is 0 Å². The quantitative estimate of drug-likeness (QED) is 0.790. The van der Waals surface area contributed by atoms with Crippen LogP contribution in [-0.2, 0) is 5.75 Å². The third-order valence-corrected chi connectivity index (χ3v) is 3.72. The zero-order valence-corrected chi connectivity index (χ0v) is 8.52. The Kier molecular flexibility index (Phi) is 3.27. The van der Waals surface area contributed by atoms with Gasteiger partial charge in [-0.1, -0.05) is 30.3 Å². The molecule has 1 nitrogen and oxygen atoms in total. The molecule has 1 aromatic rings. The third-order valence-electron chi connectivity index (χ3n) is 2.34. The molecular formula is C11H15NS. The zero-order valence-electron chi connectivity index (χ0n) is 7.70. The van der Waals surface area contributed by atoms with E-state index in [0.717, 1.165) is 11.0 Å². The maximum absolute atomic E-state index is 3.39. The molecule has 1 heterocycles. The highest BCUT2D eigenvalue weighted by Gasteiger charge is 2.13. The van der Waals surface area contributed by atoms with Crippen molar-refractivity contribution in [2.45, 2.75) is 17.4 Å². The fourth-order valence-corrected chi connectivity index (χ4v) is 2.70. The molecule has 1 N–H and O–H groups in total. The van der Waals surface area contributed by atoms with Crippen molar-refractivity contribution in [3.05, 3.63) is 35.9 Å². The van der Waals surface area contributed by atoms with Gasteiger partial charge in [-0.05, 0) is 18.5 Å². The van der Waals surface area contributed by atoms with Gasteiger partial charge in [-0.25, -0.2) is 0 Å². The maximum Gasteiger partial charge on any atom is 0.0187 e. The number of hydrogen-bond donors (Lipinski definition) is 1. The van der Waals surface area contributed by atoms with Crippen molar-refractivity contribution >= 4 is 11.8 Å². The largest absolute Gasteiger partial charge is 0.316 e. The Morgan fingerprint density at radius 2 is 2.15 bits per heavy atom. The van der Waals surface area contributed by atoms with Gasteiger partial charge in [-0.3, -0.25) is 0 Å². The Morgan fingerprint density at radius 3 is 2.85 bits per heavy atom. The molecule has 2 heteroatoms. The molecule has 0 saturated carbocycles. The van der Waals surface area contributed by atoms with Crippen LogP contribution in [0.4, 0.5) is 0 Å². The van der Waals surface area contributed by atoms with E-state index in [1.165, 1.54) is 25.1 Å². The highest BCUT2D eigenvalue weighted by Crippen LogP contribution is 2.21. The summed E-state index contributed by atoms with van der Waals surface area (Å²) in [6.45, 7) is 2.39. The van der Waals surface area contributed by atoms with Crippen molar-refractivity contribution in [3.8, 4) is 0 Å². The van der Waals surface area contributed by atoms with Gasteiger partial charge >= 0.3 is 0 Å². The predicted octanol–water partition coefficient (Wildman–Crippen LogP) is 2.28. The van der Waals surface area contributed by atoms with Crippen molar-refractivity contribution in [1.29, 1.82) is 0 Å². The first-order chi connectivity index (χ1) is 6.45. The number of nitrogens with one attached hydrogen (secondary N) is 1. The van der Waals surface area contributed by atoms with Crippen LogP contribution in [0.25, 0.3) is 0 Å². The molecule has 1 aliphatic heterocycles. The Labute approximate surface area is 83.9 Å². The summed E-state index contributed by atoms with van der Waals surface area (Å²) < 4.78 is 0. The molecule has 0 bridgehead atoms. The standard InChI is InChI=1S/C11H15NS/c1-2-4-10(5-3-1)9-13-11-6-7-12-8-11/h1-5,11-12H,6-9H2/t11-/m0/s1. The van der Waals surface area contributed by atoms with Crippen molar-refractivity contribution in [2.24, 2.45) is 0 Å². The topological polar surface area (TPSA) is 12.0 Å². The van der Waals surface area contributed by atoms with Gasteiger partial charge in [0, 0.05) is 17.5 Å². The number of benzene rings is 1. The number of rotatable bonds is 3. The summed E-state index contributed by atoms with van der Waals surface area (Å²) in [4.78, 5) is 0. The zero-order chi connectivity index (χ0) is 8.93. The molecule has 2 rings (SSSR count). The smallest absolute Gasteiger partial charge is 0.0187 e. The highest BCUT2D eigenvalue weighted by molar-refractivity contribution is 7.99. The minimum Gasteiger partial charge on any atom is -0.316 e. The van der Waals surface area contributed by atoms with Crippen molar-refractivity contribution in [3.63, 3.8) is 0 Å². The maximum atomic E-state index is 3.39. The average Bonchev–Trinajstić information content (AvgIpc) is 2.69. The van der Waals surface area contributed by atoms with E-state index >= 15 is 0 Å². The lowest BCUT2D eigenvalue weighted by atomic mass is 10.2. The second-order valence-corrected chi connectivity index (χ2v) is 4.70. The van der Waals surface area contributed by atoms with Crippen LogP contribution in [0.1, 0.15) is 12.0 Å². The molecular weight excluding hydrogens is 178 g/mol. The van der Waals surface area contributed by atoms with E-state index in [0.29, 0.717) is 0 Å². The van der Waals surface area contributed by atoms with Crippen LogP contribution in [0, 0.1) is 0 Å². The molecule has 0 amide bonds. The average molecular weight is 193 g/mol. The summed E-state index contributed by atoms with van der Waals surface area (Å²) in [6, 6.07) is 10.7. The molecule has 1 aromatic carbocycles. The van der Waals surface area contributed by atoms with Gasteiger partial charge in [-0.2, -0.15) is 11.8 Å². The normalized spacial score (nSPS) is 22.0. The molecule has 0 aromatic heterocycles. The van der Waals surface area contributed by atoms with E-state index in [4.69, 9.17) is 0 Å². The van der Waals surface area contributed by atoms with Gasteiger partial charge in [0.15, 0.2) is 0 Å². The van der Waals surface area contributed by atoms with Crippen molar-refractivity contribution in [2.75, 3.05) is 13.1 Å². The fraction of sp³-hybridized carbons (Fsp3) is 0.455. The van der Waals surface area contributed by atoms with Crippen LogP contribution in [0.15, 0.2) is 30.3 Å². The van der Waals surface area contributed by atoms with Crippen LogP contribution in [0.5, 0.6) is 0 Å². The monoisotopic (exact) mass is 193 g/mol. The molecule has 0 unspecified atom stereocenters. The number of thioether (sulfide) groups is 1. The highest BCUT2D eigenvalue weighted by atomic mass is 32.2. The van der Waals surface area contributed by atoms with Gasteiger partial charge in [0.05, 0.1) is 0 Å². The van der Waals surface area contributed by atoms with E-state index in [1.54, 1.807) is 0 Å². The third kappa shape index (κ3) is 2.75. The van der Waals surface area contributed by atoms with E-state index in [9.17, 15) is 0 Å². The lowest BCUT2D eigenvalue weighted by Gasteiger charge is -2.07.